The number of aryl methyl sites for hydroxylation is 1. The Balaban J connectivity index is 2.32. The van der Waals surface area contributed by atoms with Crippen molar-refractivity contribution in [2.75, 3.05) is 17.3 Å². The molecule has 0 bridgehead atoms. The van der Waals surface area contributed by atoms with Gasteiger partial charge in [-0.05, 0) is 19.1 Å². The first kappa shape index (κ1) is 13.2. The smallest absolute Gasteiger partial charge is 0.409 e. The molecule has 1 unspecified atom stereocenters. The molecule has 3 rings (SSSR count). The molecular weight excluding hydrogens is 274 g/mol. The summed E-state index contributed by atoms with van der Waals surface area (Å²) < 4.78 is 2.80. The minimum Gasteiger partial charge on any atom is -0.465 e. The quantitative estimate of drug-likeness (QED) is 0.822. The molecule has 0 saturated heterocycles. The lowest BCUT2D eigenvalue weighted by atomic mass is 10.1. The number of aromatic nitrogens is 3. The molecule has 1 atom stereocenters. The maximum Gasteiger partial charge on any atom is 0.409 e. The molecule has 1 aromatic heterocycles. The molecule has 0 aliphatic carbocycles. The predicted octanol–water partition coefficient (Wildman–Crippen LogP) is 1.17. The van der Waals surface area contributed by atoms with E-state index in [9.17, 15) is 9.59 Å². The Morgan fingerprint density at radius 3 is 2.76 bits per heavy atom. The lowest BCUT2D eigenvalue weighted by Gasteiger charge is -2.34. The van der Waals surface area contributed by atoms with Crippen LogP contribution >= 0.6 is 0 Å². The second kappa shape index (κ2) is 4.37. The van der Waals surface area contributed by atoms with Crippen molar-refractivity contribution in [3.05, 3.63) is 34.5 Å². The average Bonchev–Trinajstić information content (AvgIpc) is 2.72. The van der Waals surface area contributed by atoms with E-state index >= 15 is 0 Å². The van der Waals surface area contributed by atoms with Gasteiger partial charge in [-0.3, -0.25) is 5.32 Å². The highest BCUT2D eigenvalue weighted by atomic mass is 16.4. The van der Waals surface area contributed by atoms with E-state index in [-0.39, 0.29) is 11.7 Å². The summed E-state index contributed by atoms with van der Waals surface area (Å²) in [5.41, 5.74) is 1.47. The van der Waals surface area contributed by atoms with Gasteiger partial charge < -0.3 is 10.0 Å². The van der Waals surface area contributed by atoms with Crippen molar-refractivity contribution in [3.8, 4) is 5.69 Å². The maximum atomic E-state index is 12.3. The molecular formula is C13H15N5O3. The molecule has 1 amide bonds. The van der Waals surface area contributed by atoms with E-state index in [2.05, 4.69) is 10.4 Å². The first-order valence-electron chi connectivity index (χ1n) is 6.44. The van der Waals surface area contributed by atoms with Crippen LogP contribution in [0.3, 0.4) is 0 Å². The molecule has 0 radical (unpaired) electrons. The normalized spacial score (nSPS) is 16.3. The monoisotopic (exact) mass is 289 g/mol. The van der Waals surface area contributed by atoms with Crippen LogP contribution in [0, 0.1) is 0 Å². The zero-order chi connectivity index (χ0) is 15.3. The van der Waals surface area contributed by atoms with E-state index in [1.54, 1.807) is 25.2 Å². The molecule has 8 nitrogen and oxygen atoms in total. The fourth-order valence-corrected chi connectivity index (χ4v) is 2.65. The van der Waals surface area contributed by atoms with Crippen LogP contribution in [0.15, 0.2) is 23.0 Å². The summed E-state index contributed by atoms with van der Waals surface area (Å²) in [7, 11) is 3.44. The molecule has 0 spiro atoms. The highest BCUT2D eigenvalue weighted by Crippen LogP contribution is 2.40. The van der Waals surface area contributed by atoms with Gasteiger partial charge in [0.05, 0.1) is 23.1 Å². The summed E-state index contributed by atoms with van der Waals surface area (Å²) in [6.07, 6.45) is -1.14. The van der Waals surface area contributed by atoms with Crippen LogP contribution in [0.1, 0.15) is 18.8 Å². The Labute approximate surface area is 120 Å². The zero-order valence-electron chi connectivity index (χ0n) is 11.9. The van der Waals surface area contributed by atoms with E-state index in [0.29, 0.717) is 22.9 Å². The summed E-state index contributed by atoms with van der Waals surface area (Å²) in [5, 5.41) is 15.6. The SMILES string of the molecule is CC1c2nn(C)c(=O)n2-c2cccc(NC(=O)O)c2N1C. The van der Waals surface area contributed by atoms with Crippen LogP contribution in [0.25, 0.3) is 5.69 Å². The van der Waals surface area contributed by atoms with Gasteiger partial charge >= 0.3 is 11.8 Å². The standard InChI is InChI=1S/C13H15N5O3/c1-7-11-15-17(3)13(21)18(11)9-6-4-5-8(14-12(19)20)10(9)16(7)2/h4-7,14H,1-3H3,(H,19,20). The number of nitrogens with zero attached hydrogens (tertiary/aromatic N) is 4. The highest BCUT2D eigenvalue weighted by Gasteiger charge is 2.32. The van der Waals surface area contributed by atoms with Gasteiger partial charge in [-0.2, -0.15) is 5.10 Å². The second-order valence-electron chi connectivity index (χ2n) is 4.99. The highest BCUT2D eigenvalue weighted by molar-refractivity contribution is 5.92. The van der Waals surface area contributed by atoms with Crippen LogP contribution in [0.5, 0.6) is 0 Å². The number of hydrogen-bond acceptors (Lipinski definition) is 4. The molecule has 0 fully saturated rings. The number of nitrogens with one attached hydrogen (secondary N) is 1. The minimum absolute atomic E-state index is 0.150. The van der Waals surface area contributed by atoms with Crippen LogP contribution < -0.4 is 15.9 Å². The van der Waals surface area contributed by atoms with E-state index in [1.807, 2.05) is 18.9 Å². The molecule has 110 valence electrons. The second-order valence-corrected chi connectivity index (χ2v) is 4.99. The summed E-state index contributed by atoms with van der Waals surface area (Å²) in [6, 6.07) is 5.00. The lowest BCUT2D eigenvalue weighted by molar-refractivity contribution is 0.210. The van der Waals surface area contributed by atoms with Gasteiger partial charge in [-0.15, -0.1) is 0 Å². The first-order chi connectivity index (χ1) is 9.91. The topological polar surface area (TPSA) is 92.4 Å². The molecule has 8 heteroatoms. The number of carbonyl (C=O) groups is 1. The fourth-order valence-electron chi connectivity index (χ4n) is 2.65. The van der Waals surface area contributed by atoms with Crippen molar-refractivity contribution < 1.29 is 9.90 Å². The Bertz CT molecular complexity index is 792. The fraction of sp³-hybridized carbons (Fsp3) is 0.308. The molecule has 2 heterocycles. The number of carboxylic acid groups (broad SMARTS) is 1. The largest absolute Gasteiger partial charge is 0.465 e. The average molecular weight is 289 g/mol. The third-order valence-corrected chi connectivity index (χ3v) is 3.75. The van der Waals surface area contributed by atoms with Crippen molar-refractivity contribution in [1.82, 2.24) is 14.3 Å². The summed E-state index contributed by atoms with van der Waals surface area (Å²) in [5.74, 6) is 0.630. The van der Waals surface area contributed by atoms with Gasteiger partial charge in [0.2, 0.25) is 0 Å². The summed E-state index contributed by atoms with van der Waals surface area (Å²) in [4.78, 5) is 25.1. The molecule has 2 aromatic rings. The van der Waals surface area contributed by atoms with E-state index in [1.165, 1.54) is 9.25 Å². The summed E-state index contributed by atoms with van der Waals surface area (Å²) in [6.45, 7) is 1.92. The van der Waals surface area contributed by atoms with Crippen molar-refractivity contribution in [1.29, 1.82) is 0 Å². The van der Waals surface area contributed by atoms with Crippen LogP contribution in [0.4, 0.5) is 16.2 Å². The summed E-state index contributed by atoms with van der Waals surface area (Å²) >= 11 is 0. The van der Waals surface area contributed by atoms with Gasteiger partial charge in [0.1, 0.15) is 0 Å². The van der Waals surface area contributed by atoms with Crippen LogP contribution in [0.2, 0.25) is 0 Å². The molecule has 2 N–H and O–H groups in total. The maximum absolute atomic E-state index is 12.3. The van der Waals surface area contributed by atoms with E-state index in [0.717, 1.165) is 0 Å². The lowest BCUT2D eigenvalue weighted by Crippen LogP contribution is -2.34. The van der Waals surface area contributed by atoms with Gasteiger partial charge in [0, 0.05) is 14.1 Å². The van der Waals surface area contributed by atoms with Gasteiger partial charge in [0.15, 0.2) is 5.82 Å². The number of fused-ring (bicyclic) bond motifs is 3. The predicted molar refractivity (Wildman–Crippen MR) is 77.3 cm³/mol. The molecule has 21 heavy (non-hydrogen) atoms. The van der Waals surface area contributed by atoms with Crippen LogP contribution in [-0.4, -0.2) is 32.6 Å². The van der Waals surface area contributed by atoms with Crippen molar-refractivity contribution in [3.63, 3.8) is 0 Å². The minimum atomic E-state index is -1.14. The number of hydrogen-bond donors (Lipinski definition) is 2. The van der Waals surface area contributed by atoms with Gasteiger partial charge in [-0.1, -0.05) is 6.07 Å². The number of benzene rings is 1. The van der Waals surface area contributed by atoms with Gasteiger partial charge in [0.25, 0.3) is 0 Å². The van der Waals surface area contributed by atoms with Gasteiger partial charge in [-0.25, -0.2) is 18.8 Å². The third kappa shape index (κ3) is 1.79. The Morgan fingerprint density at radius 1 is 1.38 bits per heavy atom. The Hall–Kier alpha value is -2.77. The van der Waals surface area contributed by atoms with Crippen molar-refractivity contribution >= 4 is 17.5 Å². The third-order valence-electron chi connectivity index (χ3n) is 3.75. The first-order valence-corrected chi connectivity index (χ1v) is 6.44. The number of anilines is 2. The Morgan fingerprint density at radius 2 is 2.10 bits per heavy atom. The Kier molecular flexibility index (Phi) is 2.75. The van der Waals surface area contributed by atoms with E-state index in [4.69, 9.17) is 5.11 Å². The zero-order valence-corrected chi connectivity index (χ0v) is 11.9. The molecule has 1 aliphatic heterocycles. The van der Waals surface area contributed by atoms with E-state index < -0.39 is 6.09 Å². The van der Waals surface area contributed by atoms with Crippen molar-refractivity contribution in [2.24, 2.45) is 7.05 Å². The molecule has 0 saturated carbocycles. The number of para-hydroxylation sites is 1. The molecule has 1 aliphatic rings. The number of amides is 1. The van der Waals surface area contributed by atoms with Crippen molar-refractivity contribution in [2.45, 2.75) is 13.0 Å². The number of rotatable bonds is 1. The molecule has 1 aromatic carbocycles. The van der Waals surface area contributed by atoms with Crippen LogP contribution in [-0.2, 0) is 7.05 Å².